The molecule has 0 saturated carbocycles. The molecule has 0 aromatic carbocycles. The van der Waals surface area contributed by atoms with Gasteiger partial charge in [0.25, 0.3) is 0 Å². The zero-order valence-corrected chi connectivity index (χ0v) is 17.3. The van der Waals surface area contributed by atoms with Gasteiger partial charge in [0.05, 0.1) is 12.6 Å². The van der Waals surface area contributed by atoms with E-state index in [-0.39, 0.29) is 12.0 Å². The van der Waals surface area contributed by atoms with Gasteiger partial charge >= 0.3 is 0 Å². The molecule has 2 aliphatic heterocycles. The molecule has 1 aromatic rings. The molecule has 0 spiro atoms. The Morgan fingerprint density at radius 1 is 1.07 bits per heavy atom. The molecule has 7 nitrogen and oxygen atoms in total. The van der Waals surface area contributed by atoms with Crippen molar-refractivity contribution in [3.05, 3.63) is 17.5 Å². The summed E-state index contributed by atoms with van der Waals surface area (Å²) in [4.78, 5) is 26.9. The normalized spacial score (nSPS) is 18.7. The fourth-order valence-electron chi connectivity index (χ4n) is 3.67. The van der Waals surface area contributed by atoms with Gasteiger partial charge in [-0.3, -0.25) is 9.69 Å². The van der Waals surface area contributed by atoms with Crippen molar-refractivity contribution >= 4 is 11.9 Å². The van der Waals surface area contributed by atoms with E-state index in [9.17, 15) is 4.79 Å². The molecule has 7 heteroatoms. The second-order valence-electron chi connectivity index (χ2n) is 7.58. The van der Waals surface area contributed by atoms with E-state index in [0.29, 0.717) is 6.61 Å². The van der Waals surface area contributed by atoms with Gasteiger partial charge in [-0.1, -0.05) is 11.8 Å². The Bertz CT molecular complexity index is 706. The Kier molecular flexibility index (Phi) is 7.24. The molecule has 0 N–H and O–H groups in total. The minimum atomic E-state index is 0.161. The minimum Gasteiger partial charge on any atom is -0.365 e. The third-order valence-electron chi connectivity index (χ3n) is 5.33. The number of hydrogen-bond acceptors (Lipinski definition) is 6. The molecule has 2 saturated heterocycles. The van der Waals surface area contributed by atoms with Crippen molar-refractivity contribution in [2.75, 3.05) is 57.3 Å². The van der Waals surface area contributed by atoms with Crippen LogP contribution < -0.4 is 4.90 Å². The Morgan fingerprint density at radius 3 is 2.32 bits per heavy atom. The third-order valence-corrected chi connectivity index (χ3v) is 5.33. The summed E-state index contributed by atoms with van der Waals surface area (Å²) in [7, 11) is 0. The fourth-order valence-corrected chi connectivity index (χ4v) is 3.67. The molecular weight excluding hydrogens is 354 g/mol. The number of rotatable bonds is 4. The van der Waals surface area contributed by atoms with Gasteiger partial charge < -0.3 is 14.5 Å². The molecule has 28 heavy (non-hydrogen) atoms. The van der Waals surface area contributed by atoms with E-state index in [4.69, 9.17) is 4.74 Å². The molecule has 0 radical (unpaired) electrons. The summed E-state index contributed by atoms with van der Waals surface area (Å²) in [5.74, 6) is 7.34. The van der Waals surface area contributed by atoms with Crippen molar-refractivity contribution in [1.82, 2.24) is 19.8 Å². The zero-order chi connectivity index (χ0) is 19.9. The second kappa shape index (κ2) is 9.85. The number of aromatic nitrogens is 2. The Labute approximate surface area is 168 Å². The van der Waals surface area contributed by atoms with Gasteiger partial charge in [0.15, 0.2) is 0 Å². The number of ether oxygens (including phenoxy) is 1. The maximum absolute atomic E-state index is 11.3. The summed E-state index contributed by atoms with van der Waals surface area (Å²) < 4.78 is 5.94. The maximum Gasteiger partial charge on any atom is 0.225 e. The first-order valence-electron chi connectivity index (χ1n) is 10.1. The number of anilines is 1. The van der Waals surface area contributed by atoms with Gasteiger partial charge in [0, 0.05) is 57.6 Å². The lowest BCUT2D eigenvalue weighted by Gasteiger charge is -2.33. The summed E-state index contributed by atoms with van der Waals surface area (Å²) in [6.07, 6.45) is 2.21. The predicted molar refractivity (Wildman–Crippen MR) is 109 cm³/mol. The highest BCUT2D eigenvalue weighted by atomic mass is 16.5. The number of piperidine rings is 1. The van der Waals surface area contributed by atoms with Crippen LogP contribution in [-0.2, 0) is 9.53 Å². The lowest BCUT2D eigenvalue weighted by atomic mass is 10.1. The van der Waals surface area contributed by atoms with Crippen molar-refractivity contribution in [3.8, 4) is 11.8 Å². The lowest BCUT2D eigenvalue weighted by molar-refractivity contribution is -0.130. The molecule has 0 unspecified atom stereocenters. The molecule has 2 aliphatic rings. The summed E-state index contributed by atoms with van der Waals surface area (Å²) >= 11 is 0. The van der Waals surface area contributed by atoms with Gasteiger partial charge in [-0.2, -0.15) is 0 Å². The molecule has 1 aromatic heterocycles. The first kappa shape index (κ1) is 20.6. The quantitative estimate of drug-likeness (QED) is 0.727. The van der Waals surface area contributed by atoms with Crippen LogP contribution in [0.4, 0.5) is 5.95 Å². The number of nitrogens with zero attached hydrogens (tertiary/aromatic N) is 5. The largest absolute Gasteiger partial charge is 0.365 e. The highest BCUT2D eigenvalue weighted by Crippen LogP contribution is 2.18. The van der Waals surface area contributed by atoms with Gasteiger partial charge in [0.2, 0.25) is 11.9 Å². The standard InChI is InChI=1S/C21H31N5O2/c1-17-16-18(2)23-21(22-17)26-9-6-20(7-10-26)28-15-5-4-8-24-11-13-25(14-12-24)19(3)27/h16,20H,6-15H2,1-3H3. The average molecular weight is 386 g/mol. The van der Waals surface area contributed by atoms with Crippen molar-refractivity contribution in [3.63, 3.8) is 0 Å². The van der Waals surface area contributed by atoms with Crippen LogP contribution in [-0.4, -0.2) is 84.2 Å². The first-order valence-corrected chi connectivity index (χ1v) is 10.1. The van der Waals surface area contributed by atoms with Crippen LogP contribution in [0.3, 0.4) is 0 Å². The van der Waals surface area contributed by atoms with Crippen LogP contribution >= 0.6 is 0 Å². The summed E-state index contributed by atoms with van der Waals surface area (Å²) in [6, 6.07) is 2.00. The van der Waals surface area contributed by atoms with Crippen molar-refractivity contribution in [2.24, 2.45) is 0 Å². The van der Waals surface area contributed by atoms with E-state index in [1.54, 1.807) is 6.92 Å². The maximum atomic E-state index is 11.3. The number of carbonyl (C=O) groups excluding carboxylic acids is 1. The number of aryl methyl sites for hydroxylation is 2. The molecule has 2 fully saturated rings. The van der Waals surface area contributed by atoms with Crippen LogP contribution in [0, 0.1) is 25.7 Å². The SMILES string of the molecule is CC(=O)N1CCN(CC#CCOC2CCN(c3nc(C)cc(C)n3)CC2)CC1. The van der Waals surface area contributed by atoms with Gasteiger partial charge in [-0.25, -0.2) is 9.97 Å². The van der Waals surface area contributed by atoms with Crippen LogP contribution in [0.25, 0.3) is 0 Å². The lowest BCUT2D eigenvalue weighted by Crippen LogP contribution is -2.47. The number of hydrogen-bond donors (Lipinski definition) is 0. The van der Waals surface area contributed by atoms with Crippen LogP contribution in [0.2, 0.25) is 0 Å². The molecule has 1 amide bonds. The van der Waals surface area contributed by atoms with E-state index in [2.05, 4.69) is 31.6 Å². The van der Waals surface area contributed by atoms with Gasteiger partial charge in [0.1, 0.15) is 6.61 Å². The fraction of sp³-hybridized carbons (Fsp3) is 0.667. The van der Waals surface area contributed by atoms with Crippen molar-refractivity contribution in [1.29, 1.82) is 0 Å². The Morgan fingerprint density at radius 2 is 1.71 bits per heavy atom. The Balaban J connectivity index is 1.33. The van der Waals surface area contributed by atoms with Crippen LogP contribution in [0.5, 0.6) is 0 Å². The van der Waals surface area contributed by atoms with Gasteiger partial charge in [-0.05, 0) is 32.8 Å². The monoisotopic (exact) mass is 385 g/mol. The summed E-state index contributed by atoms with van der Waals surface area (Å²) in [5, 5.41) is 0. The van der Waals surface area contributed by atoms with E-state index in [1.165, 1.54) is 0 Å². The van der Waals surface area contributed by atoms with Crippen molar-refractivity contribution in [2.45, 2.75) is 39.7 Å². The second-order valence-corrected chi connectivity index (χ2v) is 7.58. The van der Waals surface area contributed by atoms with Crippen LogP contribution in [0.1, 0.15) is 31.2 Å². The highest BCUT2D eigenvalue weighted by molar-refractivity contribution is 5.73. The molecule has 3 heterocycles. The summed E-state index contributed by atoms with van der Waals surface area (Å²) in [6.45, 7) is 12.1. The smallest absolute Gasteiger partial charge is 0.225 e. The molecule has 3 rings (SSSR count). The Hall–Kier alpha value is -2.17. The van der Waals surface area contributed by atoms with E-state index in [1.807, 2.05) is 24.8 Å². The molecule has 0 aliphatic carbocycles. The van der Waals surface area contributed by atoms with Gasteiger partial charge in [-0.15, -0.1) is 0 Å². The van der Waals surface area contributed by atoms with Crippen LogP contribution in [0.15, 0.2) is 6.07 Å². The highest BCUT2D eigenvalue weighted by Gasteiger charge is 2.21. The summed E-state index contributed by atoms with van der Waals surface area (Å²) in [5.41, 5.74) is 2.03. The van der Waals surface area contributed by atoms with E-state index in [0.717, 1.165) is 76.0 Å². The minimum absolute atomic E-state index is 0.161. The molecule has 0 atom stereocenters. The molecule has 152 valence electrons. The third kappa shape index (κ3) is 5.91. The first-order chi connectivity index (χ1) is 13.5. The number of carbonyl (C=O) groups is 1. The molecular formula is C21H31N5O2. The zero-order valence-electron chi connectivity index (χ0n) is 17.3. The molecule has 0 bridgehead atoms. The average Bonchev–Trinajstić information content (AvgIpc) is 2.68. The predicted octanol–water partition coefficient (Wildman–Crippen LogP) is 1.25. The van der Waals surface area contributed by atoms with E-state index < -0.39 is 0 Å². The number of amides is 1. The van der Waals surface area contributed by atoms with E-state index >= 15 is 0 Å². The topological polar surface area (TPSA) is 61.8 Å². The number of piperazine rings is 1. The van der Waals surface area contributed by atoms with Crippen molar-refractivity contribution < 1.29 is 9.53 Å².